The number of unbranched alkanes of at least 4 members (excludes halogenated alkanes) is 2. The first-order valence-electron chi connectivity index (χ1n) is 6.90. The van der Waals surface area contributed by atoms with E-state index in [0.29, 0.717) is 5.00 Å². The Morgan fingerprint density at radius 2 is 2.11 bits per heavy atom. The first-order valence-corrected chi connectivity index (χ1v) is 7.71. The van der Waals surface area contributed by atoms with E-state index in [1.807, 2.05) is 11.0 Å². The average Bonchev–Trinajstić information content (AvgIpc) is 2.98. The summed E-state index contributed by atoms with van der Waals surface area (Å²) in [6.45, 7) is 3.98. The molecule has 1 amide bonds. The second kappa shape index (κ2) is 6.23. The van der Waals surface area contributed by atoms with Crippen LogP contribution in [-0.4, -0.2) is 23.9 Å². The number of nitrogens with two attached hydrogens (primary N) is 1. The van der Waals surface area contributed by atoms with Gasteiger partial charge in [0.1, 0.15) is 0 Å². The van der Waals surface area contributed by atoms with Gasteiger partial charge in [-0.1, -0.05) is 19.8 Å². The molecule has 0 saturated carbocycles. The van der Waals surface area contributed by atoms with Crippen LogP contribution in [0.2, 0.25) is 0 Å². The van der Waals surface area contributed by atoms with E-state index < -0.39 is 0 Å². The van der Waals surface area contributed by atoms with Gasteiger partial charge in [-0.2, -0.15) is 0 Å². The molecule has 100 valence electrons. The third kappa shape index (κ3) is 3.05. The average molecular weight is 266 g/mol. The van der Waals surface area contributed by atoms with Crippen molar-refractivity contribution in [1.82, 2.24) is 4.90 Å². The number of hydrogen-bond donors (Lipinski definition) is 1. The maximum Gasteiger partial charge on any atom is 0.256 e. The van der Waals surface area contributed by atoms with Gasteiger partial charge >= 0.3 is 0 Å². The molecule has 4 heteroatoms. The van der Waals surface area contributed by atoms with Crippen LogP contribution in [0.3, 0.4) is 0 Å². The minimum Gasteiger partial charge on any atom is -0.390 e. The number of anilines is 1. The second-order valence-corrected chi connectivity index (χ2v) is 6.12. The predicted molar refractivity (Wildman–Crippen MR) is 77.1 cm³/mol. The number of rotatable bonds is 5. The monoisotopic (exact) mass is 266 g/mol. The maximum absolute atomic E-state index is 12.3. The molecular formula is C14H22N2OS. The molecule has 0 bridgehead atoms. The molecule has 0 aliphatic carbocycles. The van der Waals surface area contributed by atoms with Crippen molar-refractivity contribution in [2.24, 2.45) is 0 Å². The van der Waals surface area contributed by atoms with E-state index in [9.17, 15) is 4.79 Å². The lowest BCUT2D eigenvalue weighted by atomic mass is 10.1. The fourth-order valence-electron chi connectivity index (χ4n) is 2.39. The number of amides is 1. The SMILES string of the molecule is CCCCCc1cc(C(=O)N2CCCC2)c(N)s1. The van der Waals surface area contributed by atoms with Crippen molar-refractivity contribution >= 4 is 22.2 Å². The topological polar surface area (TPSA) is 46.3 Å². The fraction of sp³-hybridized carbons (Fsp3) is 0.643. The summed E-state index contributed by atoms with van der Waals surface area (Å²) >= 11 is 1.58. The van der Waals surface area contributed by atoms with Crippen molar-refractivity contribution in [2.75, 3.05) is 18.8 Å². The summed E-state index contributed by atoms with van der Waals surface area (Å²) < 4.78 is 0. The standard InChI is InChI=1S/C14H22N2OS/c1-2-3-4-7-11-10-12(13(15)18-11)14(17)16-8-5-6-9-16/h10H,2-9,15H2,1H3. The molecule has 1 aliphatic rings. The first kappa shape index (κ1) is 13.4. The van der Waals surface area contributed by atoms with Crippen LogP contribution in [0.1, 0.15) is 54.3 Å². The van der Waals surface area contributed by atoms with E-state index in [0.717, 1.165) is 37.9 Å². The highest BCUT2D eigenvalue weighted by atomic mass is 32.1. The molecule has 0 aromatic carbocycles. The molecule has 1 aromatic rings. The van der Waals surface area contributed by atoms with E-state index in [1.54, 1.807) is 11.3 Å². The van der Waals surface area contributed by atoms with Gasteiger partial charge in [0.15, 0.2) is 0 Å². The van der Waals surface area contributed by atoms with Gasteiger partial charge in [0.05, 0.1) is 10.6 Å². The number of hydrogen-bond acceptors (Lipinski definition) is 3. The Balaban J connectivity index is 2.01. The molecule has 1 saturated heterocycles. The molecule has 2 N–H and O–H groups in total. The van der Waals surface area contributed by atoms with Gasteiger partial charge in [0, 0.05) is 18.0 Å². The van der Waals surface area contributed by atoms with Crippen LogP contribution < -0.4 is 5.73 Å². The lowest BCUT2D eigenvalue weighted by Gasteiger charge is -2.14. The van der Waals surface area contributed by atoms with Gasteiger partial charge in [0.2, 0.25) is 0 Å². The summed E-state index contributed by atoms with van der Waals surface area (Å²) in [5.41, 5.74) is 6.72. The van der Waals surface area contributed by atoms with Crippen LogP contribution in [0.5, 0.6) is 0 Å². The summed E-state index contributed by atoms with van der Waals surface area (Å²) in [4.78, 5) is 15.4. The lowest BCUT2D eigenvalue weighted by Crippen LogP contribution is -2.27. The van der Waals surface area contributed by atoms with Gasteiger partial charge in [-0.05, 0) is 31.7 Å². The van der Waals surface area contributed by atoms with Gasteiger partial charge < -0.3 is 10.6 Å². The number of carbonyl (C=O) groups is 1. The van der Waals surface area contributed by atoms with Gasteiger partial charge in [0.25, 0.3) is 5.91 Å². The first-order chi connectivity index (χ1) is 8.72. The third-order valence-corrected chi connectivity index (χ3v) is 4.49. The third-order valence-electron chi connectivity index (χ3n) is 3.46. The minimum atomic E-state index is 0.128. The zero-order chi connectivity index (χ0) is 13.0. The zero-order valence-electron chi connectivity index (χ0n) is 11.1. The number of thiophene rings is 1. The molecule has 0 atom stereocenters. The predicted octanol–water partition coefficient (Wildman–Crippen LogP) is 3.30. The Bertz CT molecular complexity index is 408. The van der Waals surface area contributed by atoms with Crippen molar-refractivity contribution in [3.63, 3.8) is 0 Å². The van der Waals surface area contributed by atoms with Crippen LogP contribution in [0.15, 0.2) is 6.07 Å². The Morgan fingerprint density at radius 3 is 2.78 bits per heavy atom. The molecule has 1 aromatic heterocycles. The highest BCUT2D eigenvalue weighted by Crippen LogP contribution is 2.28. The largest absolute Gasteiger partial charge is 0.390 e. The summed E-state index contributed by atoms with van der Waals surface area (Å²) in [7, 11) is 0. The van der Waals surface area contributed by atoms with Gasteiger partial charge in [-0.15, -0.1) is 11.3 Å². The molecule has 1 aliphatic heterocycles. The van der Waals surface area contributed by atoms with Crippen LogP contribution >= 0.6 is 11.3 Å². The summed E-state index contributed by atoms with van der Waals surface area (Å²) in [5, 5.41) is 0.693. The number of carbonyl (C=O) groups excluding carboxylic acids is 1. The molecular weight excluding hydrogens is 244 g/mol. The number of aryl methyl sites for hydroxylation is 1. The van der Waals surface area contributed by atoms with Crippen molar-refractivity contribution in [3.8, 4) is 0 Å². The molecule has 0 spiro atoms. The Morgan fingerprint density at radius 1 is 1.39 bits per heavy atom. The maximum atomic E-state index is 12.3. The zero-order valence-corrected chi connectivity index (χ0v) is 11.9. The van der Waals surface area contributed by atoms with Crippen molar-refractivity contribution < 1.29 is 4.79 Å². The van der Waals surface area contributed by atoms with Crippen LogP contribution in [0.25, 0.3) is 0 Å². The molecule has 3 nitrogen and oxygen atoms in total. The highest BCUT2D eigenvalue weighted by molar-refractivity contribution is 7.16. The van der Waals surface area contributed by atoms with Crippen LogP contribution in [-0.2, 0) is 6.42 Å². The van der Waals surface area contributed by atoms with Gasteiger partial charge in [-0.25, -0.2) is 0 Å². The van der Waals surface area contributed by atoms with E-state index in [2.05, 4.69) is 6.92 Å². The molecule has 2 heterocycles. The van der Waals surface area contributed by atoms with E-state index in [-0.39, 0.29) is 5.91 Å². The Hall–Kier alpha value is -1.03. The normalized spacial score (nSPS) is 15.3. The number of nitrogen functional groups attached to an aromatic ring is 1. The minimum absolute atomic E-state index is 0.128. The van der Waals surface area contributed by atoms with E-state index in [4.69, 9.17) is 5.73 Å². The van der Waals surface area contributed by atoms with Crippen molar-refractivity contribution in [1.29, 1.82) is 0 Å². The number of likely N-dealkylation sites (tertiary alicyclic amines) is 1. The van der Waals surface area contributed by atoms with Crippen LogP contribution in [0.4, 0.5) is 5.00 Å². The Kier molecular flexibility index (Phi) is 4.64. The molecule has 0 radical (unpaired) electrons. The van der Waals surface area contributed by atoms with Crippen molar-refractivity contribution in [2.45, 2.75) is 45.4 Å². The van der Waals surface area contributed by atoms with E-state index in [1.165, 1.54) is 24.1 Å². The summed E-state index contributed by atoms with van der Waals surface area (Å²) in [6.07, 6.45) is 6.95. The van der Waals surface area contributed by atoms with Crippen molar-refractivity contribution in [3.05, 3.63) is 16.5 Å². The van der Waals surface area contributed by atoms with E-state index >= 15 is 0 Å². The van der Waals surface area contributed by atoms with Crippen LogP contribution in [0, 0.1) is 0 Å². The molecule has 0 unspecified atom stereocenters. The lowest BCUT2D eigenvalue weighted by molar-refractivity contribution is 0.0794. The summed E-state index contributed by atoms with van der Waals surface area (Å²) in [5.74, 6) is 0.128. The Labute approximate surface area is 113 Å². The highest BCUT2D eigenvalue weighted by Gasteiger charge is 2.22. The number of nitrogens with zero attached hydrogens (tertiary/aromatic N) is 1. The quantitative estimate of drug-likeness (QED) is 0.831. The second-order valence-electron chi connectivity index (χ2n) is 4.95. The van der Waals surface area contributed by atoms with Gasteiger partial charge in [-0.3, -0.25) is 4.79 Å². The fourth-order valence-corrected chi connectivity index (χ4v) is 3.35. The molecule has 1 fully saturated rings. The summed E-state index contributed by atoms with van der Waals surface area (Å²) in [6, 6.07) is 2.01. The molecule has 18 heavy (non-hydrogen) atoms. The smallest absolute Gasteiger partial charge is 0.256 e. The molecule has 2 rings (SSSR count).